The molecule has 28 heavy (non-hydrogen) atoms. The number of aryl methyl sites for hydroxylation is 2. The molecule has 0 aliphatic heterocycles. The summed E-state index contributed by atoms with van der Waals surface area (Å²) in [7, 11) is 0. The van der Waals surface area contributed by atoms with Crippen LogP contribution in [0.5, 0.6) is 5.75 Å². The van der Waals surface area contributed by atoms with Crippen molar-refractivity contribution in [3.05, 3.63) is 70.5 Å². The predicted molar refractivity (Wildman–Crippen MR) is 111 cm³/mol. The lowest BCUT2D eigenvalue weighted by atomic mass is 10.2. The number of nitrogens with one attached hydrogen (secondary N) is 2. The Morgan fingerprint density at radius 1 is 1.11 bits per heavy atom. The molecule has 0 aliphatic carbocycles. The molecule has 3 rings (SSSR count). The van der Waals surface area contributed by atoms with Gasteiger partial charge in [0.15, 0.2) is 5.13 Å². The number of aromatic nitrogens is 2. The third kappa shape index (κ3) is 5.83. The van der Waals surface area contributed by atoms with E-state index in [2.05, 4.69) is 32.4 Å². The molecular weight excluding hydrogens is 372 g/mol. The molecule has 0 fully saturated rings. The van der Waals surface area contributed by atoms with Gasteiger partial charge in [0.25, 0.3) is 0 Å². The van der Waals surface area contributed by atoms with Gasteiger partial charge >= 0.3 is 6.03 Å². The van der Waals surface area contributed by atoms with Crippen molar-refractivity contribution in [2.75, 3.05) is 18.5 Å². The summed E-state index contributed by atoms with van der Waals surface area (Å²) >= 11 is 1.34. The first-order valence-corrected chi connectivity index (χ1v) is 9.55. The SMILES string of the molecule is Cc1ccc(OCCNC(=O)Nc2nc(C)c(C#Cc3ccncc3)s2)cc1. The van der Waals surface area contributed by atoms with E-state index in [-0.39, 0.29) is 6.03 Å². The van der Waals surface area contributed by atoms with Crippen LogP contribution in [0, 0.1) is 25.7 Å². The van der Waals surface area contributed by atoms with Crippen molar-refractivity contribution in [1.82, 2.24) is 15.3 Å². The Morgan fingerprint density at radius 2 is 1.86 bits per heavy atom. The van der Waals surface area contributed by atoms with Gasteiger partial charge in [-0.2, -0.15) is 0 Å². The number of amides is 2. The van der Waals surface area contributed by atoms with Gasteiger partial charge in [-0.1, -0.05) is 35.0 Å². The number of ether oxygens (including phenoxy) is 1. The zero-order valence-electron chi connectivity index (χ0n) is 15.7. The van der Waals surface area contributed by atoms with Gasteiger partial charge in [-0.3, -0.25) is 10.3 Å². The number of carbonyl (C=O) groups excluding carboxylic acids is 1. The Kier molecular flexibility index (Phi) is 6.60. The highest BCUT2D eigenvalue weighted by Crippen LogP contribution is 2.21. The van der Waals surface area contributed by atoms with Crippen LogP contribution in [0.2, 0.25) is 0 Å². The zero-order valence-corrected chi connectivity index (χ0v) is 16.5. The maximum atomic E-state index is 12.0. The van der Waals surface area contributed by atoms with E-state index in [1.54, 1.807) is 12.4 Å². The average Bonchev–Trinajstić information content (AvgIpc) is 3.05. The van der Waals surface area contributed by atoms with Crippen LogP contribution in [-0.2, 0) is 0 Å². The number of hydrogen-bond acceptors (Lipinski definition) is 5. The molecule has 7 heteroatoms. The smallest absolute Gasteiger partial charge is 0.321 e. The Labute approximate surface area is 168 Å². The summed E-state index contributed by atoms with van der Waals surface area (Å²) in [5.74, 6) is 6.93. The lowest BCUT2D eigenvalue weighted by Crippen LogP contribution is -2.32. The largest absolute Gasteiger partial charge is 0.492 e. The second kappa shape index (κ2) is 9.53. The minimum atomic E-state index is -0.324. The summed E-state index contributed by atoms with van der Waals surface area (Å²) < 4.78 is 5.58. The number of nitrogens with zero attached hydrogens (tertiary/aromatic N) is 2. The van der Waals surface area contributed by atoms with Gasteiger partial charge in [0.2, 0.25) is 0 Å². The Morgan fingerprint density at radius 3 is 2.61 bits per heavy atom. The molecule has 2 aromatic heterocycles. The van der Waals surface area contributed by atoms with Crippen LogP contribution in [-0.4, -0.2) is 29.2 Å². The van der Waals surface area contributed by atoms with E-state index in [0.29, 0.717) is 18.3 Å². The lowest BCUT2D eigenvalue weighted by molar-refractivity contribution is 0.247. The second-order valence-electron chi connectivity index (χ2n) is 5.96. The molecule has 0 atom stereocenters. The number of pyridine rings is 1. The van der Waals surface area contributed by atoms with Crippen LogP contribution in [0.4, 0.5) is 9.93 Å². The van der Waals surface area contributed by atoms with Crippen LogP contribution < -0.4 is 15.4 Å². The summed E-state index contributed by atoms with van der Waals surface area (Å²) in [6, 6.07) is 11.1. The van der Waals surface area contributed by atoms with Gasteiger partial charge in [0, 0.05) is 18.0 Å². The van der Waals surface area contributed by atoms with Crippen LogP contribution in [0.1, 0.15) is 21.7 Å². The molecule has 6 nitrogen and oxygen atoms in total. The van der Waals surface area contributed by atoms with Gasteiger partial charge in [-0.15, -0.1) is 0 Å². The molecule has 0 saturated carbocycles. The molecule has 0 radical (unpaired) electrons. The fraction of sp³-hybridized carbons (Fsp3) is 0.190. The van der Waals surface area contributed by atoms with Crippen molar-refractivity contribution in [2.24, 2.45) is 0 Å². The van der Waals surface area contributed by atoms with E-state index in [0.717, 1.165) is 21.9 Å². The molecule has 142 valence electrons. The molecule has 0 bridgehead atoms. The molecule has 3 aromatic rings. The van der Waals surface area contributed by atoms with Crippen LogP contribution in [0.25, 0.3) is 0 Å². The van der Waals surface area contributed by atoms with Crippen molar-refractivity contribution in [3.63, 3.8) is 0 Å². The van der Waals surface area contributed by atoms with E-state index < -0.39 is 0 Å². The minimum Gasteiger partial charge on any atom is -0.492 e. The molecular formula is C21H20N4O2S. The topological polar surface area (TPSA) is 76.1 Å². The number of anilines is 1. The Balaban J connectivity index is 1.46. The fourth-order valence-electron chi connectivity index (χ4n) is 2.24. The number of hydrogen-bond donors (Lipinski definition) is 2. The molecule has 0 aliphatic rings. The first-order valence-electron chi connectivity index (χ1n) is 8.74. The van der Waals surface area contributed by atoms with Crippen molar-refractivity contribution in [3.8, 4) is 17.6 Å². The monoisotopic (exact) mass is 392 g/mol. The first kappa shape index (κ1) is 19.4. The maximum Gasteiger partial charge on any atom is 0.321 e. The summed E-state index contributed by atoms with van der Waals surface area (Å²) in [4.78, 5) is 21.1. The van der Waals surface area contributed by atoms with Crippen molar-refractivity contribution in [2.45, 2.75) is 13.8 Å². The summed E-state index contributed by atoms with van der Waals surface area (Å²) in [5, 5.41) is 5.99. The number of thiazole rings is 1. The number of carbonyl (C=O) groups is 1. The molecule has 0 unspecified atom stereocenters. The van der Waals surface area contributed by atoms with E-state index in [1.165, 1.54) is 16.9 Å². The zero-order chi connectivity index (χ0) is 19.8. The third-order valence-corrected chi connectivity index (χ3v) is 4.68. The van der Waals surface area contributed by atoms with Crippen molar-refractivity contribution >= 4 is 22.5 Å². The van der Waals surface area contributed by atoms with Crippen LogP contribution in [0.15, 0.2) is 48.8 Å². The number of benzene rings is 1. The van der Waals surface area contributed by atoms with E-state index in [1.807, 2.05) is 50.2 Å². The maximum absolute atomic E-state index is 12.0. The molecule has 0 saturated heterocycles. The summed E-state index contributed by atoms with van der Waals surface area (Å²) in [5.41, 5.74) is 2.83. The minimum absolute atomic E-state index is 0.324. The fourth-order valence-corrected chi connectivity index (χ4v) is 3.05. The third-order valence-electron chi connectivity index (χ3n) is 3.70. The van der Waals surface area contributed by atoms with E-state index in [9.17, 15) is 4.79 Å². The first-order chi connectivity index (χ1) is 13.6. The van der Waals surface area contributed by atoms with E-state index in [4.69, 9.17) is 4.74 Å². The highest BCUT2D eigenvalue weighted by molar-refractivity contribution is 7.16. The normalized spacial score (nSPS) is 9.93. The molecule has 2 heterocycles. The molecule has 2 amide bonds. The molecule has 2 N–H and O–H groups in total. The van der Waals surface area contributed by atoms with Gasteiger partial charge < -0.3 is 10.1 Å². The van der Waals surface area contributed by atoms with Crippen molar-refractivity contribution in [1.29, 1.82) is 0 Å². The predicted octanol–water partition coefficient (Wildman–Crippen LogP) is 3.76. The highest BCUT2D eigenvalue weighted by Gasteiger charge is 2.08. The lowest BCUT2D eigenvalue weighted by Gasteiger charge is -2.08. The Bertz CT molecular complexity index is 989. The highest BCUT2D eigenvalue weighted by atomic mass is 32.1. The number of rotatable bonds is 5. The molecule has 0 spiro atoms. The second-order valence-corrected chi connectivity index (χ2v) is 6.96. The average molecular weight is 392 g/mol. The van der Waals surface area contributed by atoms with Gasteiger partial charge in [-0.25, -0.2) is 9.78 Å². The summed E-state index contributed by atoms with van der Waals surface area (Å²) in [6.45, 7) is 4.66. The Hall–Kier alpha value is -3.37. The van der Waals surface area contributed by atoms with Crippen LogP contribution >= 0.6 is 11.3 Å². The number of urea groups is 1. The van der Waals surface area contributed by atoms with Crippen molar-refractivity contribution < 1.29 is 9.53 Å². The summed E-state index contributed by atoms with van der Waals surface area (Å²) in [6.07, 6.45) is 3.40. The van der Waals surface area contributed by atoms with Gasteiger partial charge in [0.1, 0.15) is 17.2 Å². The van der Waals surface area contributed by atoms with Crippen LogP contribution in [0.3, 0.4) is 0 Å². The van der Waals surface area contributed by atoms with Gasteiger partial charge in [0.05, 0.1) is 12.2 Å². The quantitative estimate of drug-likeness (QED) is 0.512. The standard InChI is InChI=1S/C21H20N4O2S/c1-15-3-6-18(7-4-15)27-14-13-23-20(26)25-21-24-16(2)19(28-21)8-5-17-9-11-22-12-10-17/h3-4,6-7,9-12H,13-14H2,1-2H3,(H2,23,24,25,26). The van der Waals surface area contributed by atoms with E-state index >= 15 is 0 Å². The molecule has 1 aromatic carbocycles. The van der Waals surface area contributed by atoms with Gasteiger partial charge in [-0.05, 0) is 44.0 Å².